The molecule has 17 heavy (non-hydrogen) atoms. The van der Waals surface area contributed by atoms with Gasteiger partial charge in [0.05, 0.1) is 0 Å². The number of hydrogen-bond donors (Lipinski definition) is 0. The molecule has 0 aromatic carbocycles. The highest BCUT2D eigenvalue weighted by Crippen LogP contribution is 1.97. The Balaban J connectivity index is 2.76. The van der Waals surface area contributed by atoms with Gasteiger partial charge in [-0.25, -0.2) is 4.79 Å². The molecular weight excluding hydrogens is 218 g/mol. The molecule has 1 rings (SSSR count). The first kappa shape index (κ1) is 13.5. The first-order valence-electron chi connectivity index (χ1n) is 5.98. The fourth-order valence-corrected chi connectivity index (χ4v) is 1.53. The number of imidazole rings is 1. The molecule has 5 heteroatoms. The minimum Gasteiger partial charge on any atom is -0.342 e. The average Bonchev–Trinajstić information content (AvgIpc) is 2.61. The Labute approximate surface area is 102 Å². The molecular formula is C12H21N3O2. The number of likely N-dealkylation sites (N-methyl/N-ethyl adjacent to an activating group) is 1. The molecule has 0 aliphatic rings. The lowest BCUT2D eigenvalue weighted by Gasteiger charge is -2.21. The van der Waals surface area contributed by atoms with Crippen LogP contribution in [0.3, 0.4) is 0 Å². The number of rotatable bonds is 5. The maximum absolute atomic E-state index is 11.8. The lowest BCUT2D eigenvalue weighted by atomic mass is 10.3. The highest BCUT2D eigenvalue weighted by Gasteiger charge is 2.14. The highest BCUT2D eigenvalue weighted by atomic mass is 16.2. The number of carbonyl (C=O) groups excluding carboxylic acids is 1. The largest absolute Gasteiger partial charge is 0.342 e. The predicted molar refractivity (Wildman–Crippen MR) is 66.9 cm³/mol. The van der Waals surface area contributed by atoms with E-state index < -0.39 is 0 Å². The van der Waals surface area contributed by atoms with E-state index in [9.17, 15) is 9.59 Å². The molecule has 0 atom stereocenters. The first-order chi connectivity index (χ1) is 7.97. The summed E-state index contributed by atoms with van der Waals surface area (Å²) in [4.78, 5) is 25.3. The molecule has 0 saturated heterocycles. The van der Waals surface area contributed by atoms with Gasteiger partial charge in [0.1, 0.15) is 6.54 Å². The van der Waals surface area contributed by atoms with E-state index >= 15 is 0 Å². The Bertz CT molecular complexity index is 431. The first-order valence-corrected chi connectivity index (χ1v) is 5.98. The Morgan fingerprint density at radius 3 is 2.47 bits per heavy atom. The molecule has 0 aliphatic carbocycles. The summed E-state index contributed by atoms with van der Waals surface area (Å²) in [6.07, 6.45) is 4.31. The number of aryl methyl sites for hydroxylation is 1. The van der Waals surface area contributed by atoms with Crippen molar-refractivity contribution in [2.45, 2.75) is 46.3 Å². The summed E-state index contributed by atoms with van der Waals surface area (Å²) < 4.78 is 3.08. The summed E-state index contributed by atoms with van der Waals surface area (Å²) in [6.45, 7) is 6.72. The van der Waals surface area contributed by atoms with E-state index in [2.05, 4.69) is 0 Å². The molecule has 0 radical (unpaired) electrons. The van der Waals surface area contributed by atoms with Crippen molar-refractivity contribution in [1.82, 2.24) is 14.0 Å². The molecule has 0 unspecified atom stereocenters. The summed E-state index contributed by atoms with van der Waals surface area (Å²) in [5.41, 5.74) is -0.114. The van der Waals surface area contributed by atoms with Crippen molar-refractivity contribution in [3.8, 4) is 0 Å². The van der Waals surface area contributed by atoms with Gasteiger partial charge in [0, 0.05) is 32.0 Å². The van der Waals surface area contributed by atoms with Gasteiger partial charge in [0.15, 0.2) is 0 Å². The third-order valence-electron chi connectivity index (χ3n) is 2.86. The van der Waals surface area contributed by atoms with Crippen molar-refractivity contribution in [3.05, 3.63) is 22.9 Å². The van der Waals surface area contributed by atoms with E-state index in [1.165, 1.54) is 4.57 Å². The zero-order valence-electron chi connectivity index (χ0n) is 11.0. The van der Waals surface area contributed by atoms with Crippen LogP contribution in [0, 0.1) is 0 Å². The van der Waals surface area contributed by atoms with E-state index in [0.717, 1.165) is 6.42 Å². The molecule has 1 heterocycles. The molecule has 0 aliphatic heterocycles. The smallest absolute Gasteiger partial charge is 0.328 e. The maximum atomic E-state index is 11.8. The van der Waals surface area contributed by atoms with Crippen LogP contribution in [0.4, 0.5) is 0 Å². The van der Waals surface area contributed by atoms with Crippen LogP contribution in [0.2, 0.25) is 0 Å². The van der Waals surface area contributed by atoms with Crippen molar-refractivity contribution in [2.75, 3.05) is 7.05 Å². The van der Waals surface area contributed by atoms with Gasteiger partial charge < -0.3 is 4.90 Å². The lowest BCUT2D eigenvalue weighted by molar-refractivity contribution is -0.132. The summed E-state index contributed by atoms with van der Waals surface area (Å²) in [5.74, 6) is -0.0450. The van der Waals surface area contributed by atoms with Crippen molar-refractivity contribution in [3.63, 3.8) is 0 Å². The van der Waals surface area contributed by atoms with Crippen LogP contribution in [0.15, 0.2) is 17.2 Å². The fourth-order valence-electron chi connectivity index (χ4n) is 1.53. The molecule has 0 bridgehead atoms. The number of hydrogen-bond acceptors (Lipinski definition) is 2. The predicted octanol–water partition coefficient (Wildman–Crippen LogP) is 0.927. The monoisotopic (exact) mass is 239 g/mol. The van der Waals surface area contributed by atoms with E-state index in [1.54, 1.807) is 28.9 Å². The van der Waals surface area contributed by atoms with Crippen LogP contribution >= 0.6 is 0 Å². The Kier molecular flexibility index (Phi) is 4.54. The fraction of sp³-hybridized carbons (Fsp3) is 0.667. The summed E-state index contributed by atoms with van der Waals surface area (Å²) in [6, 6.07) is 0.149. The highest BCUT2D eigenvalue weighted by molar-refractivity contribution is 5.75. The quantitative estimate of drug-likeness (QED) is 0.767. The van der Waals surface area contributed by atoms with Gasteiger partial charge in [-0.1, -0.05) is 6.92 Å². The second-order valence-electron chi connectivity index (χ2n) is 4.50. The third kappa shape index (κ3) is 3.22. The van der Waals surface area contributed by atoms with Crippen LogP contribution in [-0.2, 0) is 17.9 Å². The SMILES string of the molecule is CCCn1ccn(CC(=O)N(C)C(C)C)c1=O. The minimum atomic E-state index is -0.114. The van der Waals surface area contributed by atoms with E-state index in [1.807, 2.05) is 20.8 Å². The lowest BCUT2D eigenvalue weighted by Crippen LogP contribution is -2.38. The standard InChI is InChI=1S/C12H21N3O2/c1-5-6-14-7-8-15(12(14)17)9-11(16)13(4)10(2)3/h7-8,10H,5-6,9H2,1-4H3. The van der Waals surface area contributed by atoms with Crippen LogP contribution in [0.25, 0.3) is 0 Å². The molecule has 1 aromatic rings. The molecule has 1 aromatic heterocycles. The van der Waals surface area contributed by atoms with Crippen molar-refractivity contribution < 1.29 is 4.79 Å². The average molecular weight is 239 g/mol. The molecule has 0 saturated carbocycles. The summed E-state index contributed by atoms with van der Waals surface area (Å²) in [5, 5.41) is 0. The molecule has 0 spiro atoms. The van der Waals surface area contributed by atoms with Crippen LogP contribution < -0.4 is 5.69 Å². The Morgan fingerprint density at radius 1 is 1.35 bits per heavy atom. The molecule has 1 amide bonds. The van der Waals surface area contributed by atoms with Gasteiger partial charge in [0.25, 0.3) is 0 Å². The zero-order valence-corrected chi connectivity index (χ0v) is 11.0. The summed E-state index contributed by atoms with van der Waals surface area (Å²) >= 11 is 0. The number of amides is 1. The second-order valence-corrected chi connectivity index (χ2v) is 4.50. The maximum Gasteiger partial charge on any atom is 0.328 e. The van der Waals surface area contributed by atoms with Gasteiger partial charge in [-0.15, -0.1) is 0 Å². The summed E-state index contributed by atoms with van der Waals surface area (Å²) in [7, 11) is 1.75. The molecule has 0 N–H and O–H groups in total. The van der Waals surface area contributed by atoms with Crippen LogP contribution in [0.5, 0.6) is 0 Å². The third-order valence-corrected chi connectivity index (χ3v) is 2.86. The normalized spacial score (nSPS) is 10.9. The van der Waals surface area contributed by atoms with Gasteiger partial charge in [0.2, 0.25) is 5.91 Å². The van der Waals surface area contributed by atoms with Crippen molar-refractivity contribution in [2.24, 2.45) is 0 Å². The van der Waals surface area contributed by atoms with Crippen LogP contribution in [-0.4, -0.2) is 33.0 Å². The second kappa shape index (κ2) is 5.70. The topological polar surface area (TPSA) is 47.2 Å². The Morgan fingerprint density at radius 2 is 1.94 bits per heavy atom. The van der Waals surface area contributed by atoms with Crippen LogP contribution in [0.1, 0.15) is 27.2 Å². The number of nitrogens with zero attached hydrogens (tertiary/aromatic N) is 3. The van der Waals surface area contributed by atoms with Gasteiger partial charge in [-0.05, 0) is 20.3 Å². The van der Waals surface area contributed by atoms with Crippen molar-refractivity contribution >= 4 is 5.91 Å². The van der Waals surface area contributed by atoms with Crippen molar-refractivity contribution in [1.29, 1.82) is 0 Å². The Hall–Kier alpha value is -1.52. The minimum absolute atomic E-state index is 0.0450. The zero-order chi connectivity index (χ0) is 13.0. The van der Waals surface area contributed by atoms with Gasteiger partial charge >= 0.3 is 5.69 Å². The molecule has 0 fully saturated rings. The number of carbonyl (C=O) groups is 1. The van der Waals surface area contributed by atoms with E-state index in [4.69, 9.17) is 0 Å². The van der Waals surface area contributed by atoms with Gasteiger partial charge in [-0.2, -0.15) is 0 Å². The molecule has 96 valence electrons. The van der Waals surface area contributed by atoms with E-state index in [0.29, 0.717) is 6.54 Å². The molecule has 5 nitrogen and oxygen atoms in total. The van der Waals surface area contributed by atoms with E-state index in [-0.39, 0.29) is 24.2 Å². The van der Waals surface area contributed by atoms with Gasteiger partial charge in [-0.3, -0.25) is 13.9 Å². The number of aromatic nitrogens is 2.